The predicted octanol–water partition coefficient (Wildman–Crippen LogP) is 12.0. The van der Waals surface area contributed by atoms with Gasteiger partial charge in [-0.2, -0.15) is 0 Å². The van der Waals surface area contributed by atoms with Crippen molar-refractivity contribution in [2.45, 2.75) is 0 Å². The summed E-state index contributed by atoms with van der Waals surface area (Å²) in [5.74, 6) is 1.83. The Kier molecular flexibility index (Phi) is 4.51. The van der Waals surface area contributed by atoms with Crippen molar-refractivity contribution in [2.24, 2.45) is 0 Å². The molecule has 0 amide bonds. The fraction of sp³-hybridized carbons (Fsp3) is 0. The van der Waals surface area contributed by atoms with Crippen LogP contribution in [-0.2, 0) is 0 Å². The first-order valence-electron chi connectivity index (χ1n) is 14.8. The highest BCUT2D eigenvalue weighted by Gasteiger charge is 2.21. The molecule has 0 aliphatic carbocycles. The number of fused-ring (bicyclic) bond motifs is 3. The topological polar surface area (TPSA) is 9.23 Å². The Hall–Kier alpha value is -5.66. The number of rotatable bonds is 2. The summed E-state index contributed by atoms with van der Waals surface area (Å²) in [5.41, 5.74) is 7.32. The zero-order chi connectivity index (χ0) is 28.1. The maximum Gasteiger partial charge on any atom is 0.135 e. The van der Waals surface area contributed by atoms with Gasteiger partial charge in [0.15, 0.2) is 0 Å². The van der Waals surface area contributed by atoms with Crippen LogP contribution < -0.4 is 4.74 Å². The lowest BCUT2D eigenvalue weighted by atomic mass is 9.86. The third kappa shape index (κ3) is 3.17. The first-order valence-corrected chi connectivity index (χ1v) is 14.8. The minimum Gasteiger partial charge on any atom is -0.456 e. The average Bonchev–Trinajstić information content (AvgIpc) is 3.07. The van der Waals surface area contributed by atoms with Crippen LogP contribution in [0.5, 0.6) is 11.5 Å². The SMILES string of the molecule is c1cc2c3c(cccc3c1)-c1cc(-c3ccc(-c4ccc5ccc6cccc7ccc4c5c67)c4ccccc34)ccc1O2. The minimum atomic E-state index is 0.907. The Labute approximate surface area is 248 Å². The highest BCUT2D eigenvalue weighted by Crippen LogP contribution is 2.48. The van der Waals surface area contributed by atoms with Gasteiger partial charge in [-0.1, -0.05) is 127 Å². The van der Waals surface area contributed by atoms with Crippen molar-refractivity contribution in [3.05, 3.63) is 146 Å². The van der Waals surface area contributed by atoms with Gasteiger partial charge in [-0.3, -0.25) is 0 Å². The maximum atomic E-state index is 6.39. The van der Waals surface area contributed by atoms with Gasteiger partial charge >= 0.3 is 0 Å². The summed E-state index contributed by atoms with van der Waals surface area (Å²) in [7, 11) is 0. The van der Waals surface area contributed by atoms with Crippen molar-refractivity contribution in [3.8, 4) is 44.9 Å². The Morgan fingerprint density at radius 3 is 1.74 bits per heavy atom. The van der Waals surface area contributed by atoms with Gasteiger partial charge < -0.3 is 4.74 Å². The summed E-state index contributed by atoms with van der Waals surface area (Å²) < 4.78 is 6.39. The first kappa shape index (κ1) is 23.0. The molecule has 0 atom stereocenters. The molecule has 9 aromatic rings. The van der Waals surface area contributed by atoms with Crippen molar-refractivity contribution in [2.75, 3.05) is 0 Å². The molecule has 0 spiro atoms. The summed E-state index contributed by atoms with van der Waals surface area (Å²) in [5, 5.41) is 12.8. The molecule has 1 aliphatic heterocycles. The molecule has 0 fully saturated rings. The summed E-state index contributed by atoms with van der Waals surface area (Å²) >= 11 is 0. The lowest BCUT2D eigenvalue weighted by Gasteiger charge is -2.22. The van der Waals surface area contributed by atoms with E-state index in [1.54, 1.807) is 0 Å². The van der Waals surface area contributed by atoms with Gasteiger partial charge in [0, 0.05) is 10.9 Å². The lowest BCUT2D eigenvalue weighted by molar-refractivity contribution is 0.487. The van der Waals surface area contributed by atoms with E-state index in [1.165, 1.54) is 81.7 Å². The summed E-state index contributed by atoms with van der Waals surface area (Å²) in [6.07, 6.45) is 0. The lowest BCUT2D eigenvalue weighted by Crippen LogP contribution is -1.97. The molecule has 0 bridgehead atoms. The zero-order valence-electron chi connectivity index (χ0n) is 23.3. The van der Waals surface area contributed by atoms with Crippen LogP contribution in [-0.4, -0.2) is 0 Å². The molecule has 0 N–H and O–H groups in total. The zero-order valence-corrected chi connectivity index (χ0v) is 23.3. The van der Waals surface area contributed by atoms with Crippen molar-refractivity contribution < 1.29 is 4.74 Å². The number of hydrogen-bond acceptors (Lipinski definition) is 1. The molecule has 10 rings (SSSR count). The molecule has 0 unspecified atom stereocenters. The molecule has 43 heavy (non-hydrogen) atoms. The van der Waals surface area contributed by atoms with Crippen molar-refractivity contribution >= 4 is 53.9 Å². The minimum absolute atomic E-state index is 0.907. The maximum absolute atomic E-state index is 6.39. The molecule has 0 saturated heterocycles. The molecule has 198 valence electrons. The van der Waals surface area contributed by atoms with E-state index in [0.717, 1.165) is 17.1 Å². The average molecular weight is 545 g/mol. The Balaban J connectivity index is 1.20. The van der Waals surface area contributed by atoms with E-state index in [2.05, 4.69) is 146 Å². The van der Waals surface area contributed by atoms with Crippen LogP contribution in [0.15, 0.2) is 146 Å². The second kappa shape index (κ2) is 8.44. The molecule has 9 aromatic carbocycles. The highest BCUT2D eigenvalue weighted by molar-refractivity contribution is 6.26. The van der Waals surface area contributed by atoms with Crippen LogP contribution in [0.25, 0.3) is 87.2 Å². The second-order valence-corrected chi connectivity index (χ2v) is 11.6. The summed E-state index contributed by atoms with van der Waals surface area (Å²) in [6.45, 7) is 0. The Morgan fingerprint density at radius 1 is 0.302 bits per heavy atom. The van der Waals surface area contributed by atoms with Crippen LogP contribution in [0.1, 0.15) is 0 Å². The van der Waals surface area contributed by atoms with Crippen LogP contribution in [0.2, 0.25) is 0 Å². The number of ether oxygens (including phenoxy) is 1. The molecule has 1 heterocycles. The van der Waals surface area contributed by atoms with E-state index in [0.29, 0.717) is 0 Å². The van der Waals surface area contributed by atoms with E-state index in [9.17, 15) is 0 Å². The van der Waals surface area contributed by atoms with Crippen LogP contribution in [0.3, 0.4) is 0 Å². The molecule has 0 radical (unpaired) electrons. The van der Waals surface area contributed by atoms with Crippen LogP contribution >= 0.6 is 0 Å². The van der Waals surface area contributed by atoms with E-state index in [1.807, 2.05) is 0 Å². The monoisotopic (exact) mass is 544 g/mol. The highest BCUT2D eigenvalue weighted by atomic mass is 16.5. The molecule has 0 saturated carbocycles. The fourth-order valence-electron chi connectivity index (χ4n) is 7.49. The van der Waals surface area contributed by atoms with Crippen molar-refractivity contribution in [3.63, 3.8) is 0 Å². The van der Waals surface area contributed by atoms with Crippen LogP contribution in [0, 0.1) is 0 Å². The molecular formula is C42H24O. The van der Waals surface area contributed by atoms with Crippen molar-refractivity contribution in [1.29, 1.82) is 0 Å². The normalized spacial score (nSPS) is 12.4. The Bertz CT molecular complexity index is 2570. The third-order valence-electron chi connectivity index (χ3n) is 9.41. The summed E-state index contributed by atoms with van der Waals surface area (Å²) in [6, 6.07) is 53.2. The van der Waals surface area contributed by atoms with Gasteiger partial charge in [-0.05, 0) is 94.5 Å². The smallest absolute Gasteiger partial charge is 0.135 e. The number of benzene rings is 9. The van der Waals surface area contributed by atoms with Gasteiger partial charge in [0.05, 0.1) is 0 Å². The van der Waals surface area contributed by atoms with Gasteiger partial charge in [0.1, 0.15) is 11.5 Å². The van der Waals surface area contributed by atoms with Gasteiger partial charge in [-0.15, -0.1) is 0 Å². The quantitative estimate of drug-likeness (QED) is 0.197. The number of hydrogen-bond donors (Lipinski definition) is 0. The van der Waals surface area contributed by atoms with E-state index in [-0.39, 0.29) is 0 Å². The second-order valence-electron chi connectivity index (χ2n) is 11.6. The van der Waals surface area contributed by atoms with Gasteiger partial charge in [0.2, 0.25) is 0 Å². The molecule has 1 aliphatic rings. The van der Waals surface area contributed by atoms with E-state index in [4.69, 9.17) is 4.74 Å². The standard InChI is InChI=1S/C42H24O/c1-2-11-32-31(10-1)30(29-18-23-38-37(24-29)35-12-4-8-25-9-5-13-39(43-38)41(25)35)21-22-33(32)34-19-16-28-15-14-26-6-3-7-27-17-20-36(34)42(28)40(26)27/h1-24H. The van der Waals surface area contributed by atoms with Crippen molar-refractivity contribution in [1.82, 2.24) is 0 Å². The van der Waals surface area contributed by atoms with Crippen LogP contribution in [0.4, 0.5) is 0 Å². The summed E-state index contributed by atoms with van der Waals surface area (Å²) in [4.78, 5) is 0. The van der Waals surface area contributed by atoms with Gasteiger partial charge in [0.25, 0.3) is 0 Å². The third-order valence-corrected chi connectivity index (χ3v) is 9.41. The fourth-order valence-corrected chi connectivity index (χ4v) is 7.49. The predicted molar refractivity (Wildman–Crippen MR) is 182 cm³/mol. The largest absolute Gasteiger partial charge is 0.456 e. The molecule has 1 nitrogen and oxygen atoms in total. The van der Waals surface area contributed by atoms with E-state index >= 15 is 0 Å². The van der Waals surface area contributed by atoms with E-state index < -0.39 is 0 Å². The first-order chi connectivity index (χ1) is 21.3. The van der Waals surface area contributed by atoms with Gasteiger partial charge in [-0.25, -0.2) is 0 Å². The molecule has 1 heteroatoms. The molecular weight excluding hydrogens is 520 g/mol. The molecule has 0 aromatic heterocycles. The Morgan fingerprint density at radius 2 is 0.907 bits per heavy atom.